The second kappa shape index (κ2) is 3.24. The first-order chi connectivity index (χ1) is 6.74. The molecule has 1 atom stereocenters. The van der Waals surface area contributed by atoms with Crippen molar-refractivity contribution in [3.63, 3.8) is 0 Å². The minimum atomic E-state index is -0.946. The van der Waals surface area contributed by atoms with Crippen LogP contribution in [0.5, 0.6) is 0 Å². The Morgan fingerprint density at radius 1 is 1.50 bits per heavy atom. The molecule has 0 aliphatic heterocycles. The van der Waals surface area contributed by atoms with E-state index in [1.165, 1.54) is 6.33 Å². The molecule has 0 aliphatic carbocycles. The van der Waals surface area contributed by atoms with Crippen molar-refractivity contribution in [2.45, 2.75) is 6.10 Å². The molecule has 2 rings (SSSR count). The van der Waals surface area contributed by atoms with Crippen molar-refractivity contribution in [3.8, 4) is 0 Å². The molecule has 0 saturated carbocycles. The molecule has 74 valence electrons. The number of nitrogen functional groups attached to an aromatic ring is 1. The number of aliphatic hydroxyl groups excluding tert-OH is 2. The van der Waals surface area contributed by atoms with Crippen LogP contribution < -0.4 is 5.73 Å². The van der Waals surface area contributed by atoms with Gasteiger partial charge in [-0.05, 0) is 0 Å². The van der Waals surface area contributed by atoms with E-state index < -0.39 is 6.10 Å². The maximum absolute atomic E-state index is 9.44. The number of anilines is 1. The number of fused-ring (bicyclic) bond motifs is 1. The van der Waals surface area contributed by atoms with Gasteiger partial charge in [-0.15, -0.1) is 0 Å². The molecule has 2 heterocycles. The number of H-pyrrole nitrogens is 1. The molecule has 1 unspecified atom stereocenters. The summed E-state index contributed by atoms with van der Waals surface area (Å²) in [5, 5.41) is 18.2. The van der Waals surface area contributed by atoms with Gasteiger partial charge in [-0.3, -0.25) is 0 Å². The van der Waals surface area contributed by atoms with Crippen LogP contribution in [0.3, 0.4) is 0 Å². The van der Waals surface area contributed by atoms with Gasteiger partial charge in [0.05, 0.1) is 12.1 Å². The normalized spacial score (nSPS) is 13.3. The Balaban J connectivity index is 2.63. The van der Waals surface area contributed by atoms with Gasteiger partial charge in [0.1, 0.15) is 17.9 Å². The number of nitrogens with one attached hydrogen (secondary N) is 1. The van der Waals surface area contributed by atoms with E-state index >= 15 is 0 Å². The van der Waals surface area contributed by atoms with Crippen LogP contribution in [0, 0.1) is 0 Å². The largest absolute Gasteiger partial charge is 0.393 e. The van der Waals surface area contributed by atoms with Crippen LogP contribution in [0.4, 0.5) is 5.82 Å². The summed E-state index contributed by atoms with van der Waals surface area (Å²) in [6, 6.07) is 0. The van der Waals surface area contributed by atoms with E-state index in [1.54, 1.807) is 6.20 Å². The first kappa shape index (κ1) is 8.92. The van der Waals surface area contributed by atoms with Crippen molar-refractivity contribution in [3.05, 3.63) is 18.1 Å². The highest BCUT2D eigenvalue weighted by Crippen LogP contribution is 2.23. The molecule has 0 radical (unpaired) electrons. The predicted octanol–water partition coefficient (Wildman–Crippen LogP) is -0.434. The molecule has 2 aromatic heterocycles. The highest BCUT2D eigenvalue weighted by atomic mass is 16.3. The molecule has 0 aromatic carbocycles. The summed E-state index contributed by atoms with van der Waals surface area (Å²) in [5.74, 6) is 0.325. The average Bonchev–Trinajstić information content (AvgIpc) is 2.62. The summed E-state index contributed by atoms with van der Waals surface area (Å²) in [5.41, 5.74) is 7.23. The fraction of sp³-hybridized carbons (Fsp3) is 0.250. The van der Waals surface area contributed by atoms with E-state index in [9.17, 15) is 5.11 Å². The first-order valence-electron chi connectivity index (χ1n) is 4.10. The maximum Gasteiger partial charge on any atom is 0.151 e. The zero-order chi connectivity index (χ0) is 10.1. The molecule has 0 amide bonds. The minimum Gasteiger partial charge on any atom is -0.393 e. The van der Waals surface area contributed by atoms with E-state index in [2.05, 4.69) is 15.0 Å². The van der Waals surface area contributed by atoms with E-state index in [0.29, 0.717) is 22.4 Å². The van der Waals surface area contributed by atoms with Crippen molar-refractivity contribution < 1.29 is 10.2 Å². The summed E-state index contributed by atoms with van der Waals surface area (Å²) in [6.45, 7) is -0.350. The maximum atomic E-state index is 9.44. The molecule has 0 bridgehead atoms. The van der Waals surface area contributed by atoms with Crippen molar-refractivity contribution in [2.24, 2.45) is 0 Å². The average molecular weight is 194 g/mol. The molecule has 14 heavy (non-hydrogen) atoms. The summed E-state index contributed by atoms with van der Waals surface area (Å²) in [6.07, 6.45) is 1.94. The number of aromatic amines is 1. The third-order valence-electron chi connectivity index (χ3n) is 2.05. The third-order valence-corrected chi connectivity index (χ3v) is 2.05. The lowest BCUT2D eigenvalue weighted by Gasteiger charge is -2.03. The van der Waals surface area contributed by atoms with Gasteiger partial charge in [0.2, 0.25) is 0 Å². The van der Waals surface area contributed by atoms with Gasteiger partial charge in [-0.25, -0.2) is 9.97 Å². The molecule has 0 spiro atoms. The quantitative estimate of drug-likeness (QED) is 0.518. The lowest BCUT2D eigenvalue weighted by molar-refractivity contribution is 0.0966. The van der Waals surface area contributed by atoms with E-state index in [1.807, 2.05) is 0 Å². The van der Waals surface area contributed by atoms with Crippen LogP contribution in [-0.2, 0) is 0 Å². The molecule has 2 aromatic rings. The number of nitrogens with two attached hydrogens (primary N) is 1. The van der Waals surface area contributed by atoms with E-state index in [4.69, 9.17) is 10.8 Å². The van der Waals surface area contributed by atoms with Crippen molar-refractivity contribution in [1.82, 2.24) is 15.0 Å². The Labute approximate surface area is 79.4 Å². The smallest absolute Gasteiger partial charge is 0.151 e. The second-order valence-corrected chi connectivity index (χ2v) is 2.92. The molecule has 0 saturated heterocycles. The Morgan fingerprint density at radius 3 is 3.00 bits per heavy atom. The molecular weight excluding hydrogens is 184 g/mol. The molecule has 0 aliphatic rings. The number of hydrogen-bond donors (Lipinski definition) is 4. The van der Waals surface area contributed by atoms with E-state index in [0.717, 1.165) is 0 Å². The zero-order valence-corrected chi connectivity index (χ0v) is 7.31. The van der Waals surface area contributed by atoms with E-state index in [-0.39, 0.29) is 6.61 Å². The van der Waals surface area contributed by atoms with Gasteiger partial charge >= 0.3 is 0 Å². The third kappa shape index (κ3) is 1.21. The fourth-order valence-electron chi connectivity index (χ4n) is 1.33. The van der Waals surface area contributed by atoms with Gasteiger partial charge in [0.25, 0.3) is 0 Å². The van der Waals surface area contributed by atoms with Crippen LogP contribution in [-0.4, -0.2) is 31.8 Å². The van der Waals surface area contributed by atoms with Crippen LogP contribution in [0.15, 0.2) is 12.5 Å². The standard InChI is InChI=1S/C8H10N4O2/c9-8-7-6(11-3-12-8)4(1-10-7)5(14)2-13/h1,3,5,10,13-14H,2H2,(H2,9,11,12). The summed E-state index contributed by atoms with van der Waals surface area (Å²) >= 11 is 0. The molecule has 6 heteroatoms. The first-order valence-corrected chi connectivity index (χ1v) is 4.10. The minimum absolute atomic E-state index is 0.325. The van der Waals surface area contributed by atoms with Gasteiger partial charge in [0.15, 0.2) is 5.82 Å². The Kier molecular flexibility index (Phi) is 2.06. The number of rotatable bonds is 2. The Hall–Kier alpha value is -1.66. The number of aliphatic hydroxyl groups is 2. The van der Waals surface area contributed by atoms with Crippen LogP contribution in [0.1, 0.15) is 11.7 Å². The van der Waals surface area contributed by atoms with Gasteiger partial charge in [-0.2, -0.15) is 0 Å². The molecule has 5 N–H and O–H groups in total. The monoisotopic (exact) mass is 194 g/mol. The number of nitrogens with zero attached hydrogens (tertiary/aromatic N) is 2. The Bertz CT molecular complexity index is 454. The van der Waals surface area contributed by atoms with Gasteiger partial charge < -0.3 is 20.9 Å². The lowest BCUT2D eigenvalue weighted by atomic mass is 10.2. The summed E-state index contributed by atoms with van der Waals surface area (Å²) < 4.78 is 0. The van der Waals surface area contributed by atoms with Gasteiger partial charge in [-0.1, -0.05) is 0 Å². The SMILES string of the molecule is Nc1ncnc2c(C(O)CO)c[nH]c12. The lowest BCUT2D eigenvalue weighted by Crippen LogP contribution is -2.02. The highest BCUT2D eigenvalue weighted by Gasteiger charge is 2.14. The molecular formula is C8H10N4O2. The van der Waals surface area contributed by atoms with Crippen LogP contribution >= 0.6 is 0 Å². The highest BCUT2D eigenvalue weighted by molar-refractivity contribution is 5.87. The summed E-state index contributed by atoms with van der Waals surface area (Å²) in [7, 11) is 0. The van der Waals surface area contributed by atoms with Crippen LogP contribution in [0.25, 0.3) is 11.0 Å². The second-order valence-electron chi connectivity index (χ2n) is 2.92. The topological polar surface area (TPSA) is 108 Å². The number of aromatic nitrogens is 3. The fourth-order valence-corrected chi connectivity index (χ4v) is 1.33. The van der Waals surface area contributed by atoms with Crippen molar-refractivity contribution >= 4 is 16.9 Å². The number of hydrogen-bond acceptors (Lipinski definition) is 5. The Morgan fingerprint density at radius 2 is 2.29 bits per heavy atom. The van der Waals surface area contributed by atoms with Crippen LogP contribution in [0.2, 0.25) is 0 Å². The molecule has 6 nitrogen and oxygen atoms in total. The summed E-state index contributed by atoms with van der Waals surface area (Å²) in [4.78, 5) is 10.6. The predicted molar refractivity (Wildman–Crippen MR) is 50.3 cm³/mol. The van der Waals surface area contributed by atoms with Crippen molar-refractivity contribution in [2.75, 3.05) is 12.3 Å². The van der Waals surface area contributed by atoms with Gasteiger partial charge in [0, 0.05) is 11.8 Å². The zero-order valence-electron chi connectivity index (χ0n) is 7.31. The van der Waals surface area contributed by atoms with Crippen molar-refractivity contribution in [1.29, 1.82) is 0 Å². The molecule has 0 fully saturated rings.